The predicted octanol–water partition coefficient (Wildman–Crippen LogP) is 0.536. The molecule has 27 heavy (non-hydrogen) atoms. The quantitative estimate of drug-likeness (QED) is 0.738. The molecule has 150 valence electrons. The molecule has 3 aliphatic rings. The number of sulfonamides is 1. The molecule has 4 heterocycles. The van der Waals surface area contributed by atoms with Crippen LogP contribution in [0.25, 0.3) is 0 Å². The average molecular weight is 395 g/mol. The lowest BCUT2D eigenvalue weighted by atomic mass is 10.1. The van der Waals surface area contributed by atoms with E-state index in [1.54, 1.807) is 11.2 Å². The molecule has 0 N–H and O–H groups in total. The Morgan fingerprint density at radius 3 is 2.30 bits per heavy atom. The molecular weight excluding hydrogens is 364 g/mol. The maximum atomic E-state index is 12.4. The Morgan fingerprint density at radius 2 is 1.63 bits per heavy atom. The van der Waals surface area contributed by atoms with Gasteiger partial charge in [0.15, 0.2) is 0 Å². The number of anilines is 2. The van der Waals surface area contributed by atoms with Crippen molar-refractivity contribution in [3.63, 3.8) is 0 Å². The molecule has 0 bridgehead atoms. The molecule has 3 aliphatic heterocycles. The number of hydrogen-bond donors (Lipinski definition) is 0. The van der Waals surface area contributed by atoms with Gasteiger partial charge in [-0.15, -0.1) is 0 Å². The summed E-state index contributed by atoms with van der Waals surface area (Å²) >= 11 is 0. The van der Waals surface area contributed by atoms with Crippen molar-refractivity contribution >= 4 is 21.8 Å². The third kappa shape index (κ3) is 3.77. The van der Waals surface area contributed by atoms with Gasteiger partial charge in [0.1, 0.15) is 5.82 Å². The van der Waals surface area contributed by atoms with Crippen LogP contribution in [0.2, 0.25) is 0 Å². The zero-order valence-electron chi connectivity index (χ0n) is 16.4. The summed E-state index contributed by atoms with van der Waals surface area (Å²) in [6.07, 6.45) is 3.04. The molecule has 1 aromatic rings. The summed E-state index contributed by atoms with van der Waals surface area (Å²) in [5, 5.41) is 0. The fraction of sp³-hybridized carbons (Fsp3) is 0.778. The van der Waals surface area contributed by atoms with Gasteiger partial charge in [0, 0.05) is 64.3 Å². The first-order valence-corrected chi connectivity index (χ1v) is 11.6. The fourth-order valence-corrected chi connectivity index (χ4v) is 5.18. The van der Waals surface area contributed by atoms with Gasteiger partial charge in [-0.25, -0.2) is 13.4 Å². The van der Waals surface area contributed by atoms with Crippen LogP contribution in [-0.2, 0) is 23.0 Å². The van der Waals surface area contributed by atoms with Crippen molar-refractivity contribution in [2.75, 3.05) is 68.4 Å². The van der Waals surface area contributed by atoms with E-state index < -0.39 is 10.0 Å². The zero-order valence-corrected chi connectivity index (χ0v) is 17.2. The third-order valence-corrected chi connectivity index (χ3v) is 7.77. The van der Waals surface area contributed by atoms with Crippen molar-refractivity contribution < 1.29 is 8.42 Å². The van der Waals surface area contributed by atoms with Gasteiger partial charge >= 0.3 is 0 Å². The van der Waals surface area contributed by atoms with E-state index in [4.69, 9.17) is 9.97 Å². The van der Waals surface area contributed by atoms with Crippen molar-refractivity contribution in [3.8, 4) is 0 Å². The maximum absolute atomic E-state index is 12.4. The lowest BCUT2D eigenvalue weighted by molar-refractivity contribution is 0.310. The minimum atomic E-state index is -3.21. The van der Waals surface area contributed by atoms with Crippen molar-refractivity contribution in [1.82, 2.24) is 19.2 Å². The highest BCUT2D eigenvalue weighted by molar-refractivity contribution is 7.89. The molecule has 0 radical (unpaired) electrons. The van der Waals surface area contributed by atoms with Crippen LogP contribution in [0.4, 0.5) is 11.8 Å². The van der Waals surface area contributed by atoms with E-state index in [9.17, 15) is 8.42 Å². The second kappa shape index (κ2) is 7.52. The highest BCUT2D eigenvalue weighted by Crippen LogP contribution is 2.31. The Bertz CT molecular complexity index is 785. The summed E-state index contributed by atoms with van der Waals surface area (Å²) < 4.78 is 26.5. The molecule has 2 saturated heterocycles. The Kier molecular flexibility index (Phi) is 5.26. The van der Waals surface area contributed by atoms with Crippen LogP contribution in [0, 0.1) is 0 Å². The van der Waals surface area contributed by atoms with Crippen LogP contribution in [0.3, 0.4) is 0 Å². The molecule has 0 aliphatic carbocycles. The van der Waals surface area contributed by atoms with Crippen LogP contribution in [0.15, 0.2) is 0 Å². The number of nitrogens with zero attached hydrogens (tertiary/aromatic N) is 6. The lowest BCUT2D eigenvalue weighted by Gasteiger charge is -2.37. The predicted molar refractivity (Wildman–Crippen MR) is 107 cm³/mol. The Hall–Kier alpha value is -1.45. The number of aromatic nitrogens is 2. The van der Waals surface area contributed by atoms with Gasteiger partial charge in [-0.1, -0.05) is 0 Å². The fourth-order valence-electron chi connectivity index (χ4n) is 4.12. The smallest absolute Gasteiger partial charge is 0.227 e. The summed E-state index contributed by atoms with van der Waals surface area (Å²) in [6, 6.07) is 0. The Balaban J connectivity index is 1.71. The first-order valence-electron chi connectivity index (χ1n) is 10.0. The van der Waals surface area contributed by atoms with E-state index in [0.29, 0.717) is 19.5 Å². The van der Waals surface area contributed by atoms with Gasteiger partial charge in [0.2, 0.25) is 16.0 Å². The summed E-state index contributed by atoms with van der Waals surface area (Å²) in [7, 11) is -1.07. The van der Waals surface area contributed by atoms with Gasteiger partial charge < -0.3 is 14.7 Å². The highest BCUT2D eigenvalue weighted by atomic mass is 32.2. The summed E-state index contributed by atoms with van der Waals surface area (Å²) in [5.41, 5.74) is 2.04. The molecule has 0 aromatic carbocycles. The van der Waals surface area contributed by atoms with Gasteiger partial charge in [0.05, 0.1) is 11.4 Å². The van der Waals surface area contributed by atoms with Crippen LogP contribution >= 0.6 is 0 Å². The van der Waals surface area contributed by atoms with Gasteiger partial charge in [-0.3, -0.25) is 0 Å². The number of hydrogen-bond acceptors (Lipinski definition) is 7. The molecule has 9 heteroatoms. The number of piperazine rings is 1. The summed E-state index contributed by atoms with van der Waals surface area (Å²) in [5.74, 6) is 1.91. The van der Waals surface area contributed by atoms with Gasteiger partial charge in [-0.2, -0.15) is 9.29 Å². The van der Waals surface area contributed by atoms with Crippen molar-refractivity contribution in [2.45, 2.75) is 32.7 Å². The second-order valence-corrected chi connectivity index (χ2v) is 10.00. The van der Waals surface area contributed by atoms with Crippen LogP contribution < -0.4 is 9.80 Å². The molecule has 0 atom stereocenters. The number of likely N-dealkylation sites (N-methyl/N-ethyl adjacent to an activating group) is 1. The molecular formula is C18H30N6O2S. The monoisotopic (exact) mass is 394 g/mol. The molecule has 8 nitrogen and oxygen atoms in total. The van der Waals surface area contributed by atoms with E-state index in [-0.39, 0.29) is 5.75 Å². The van der Waals surface area contributed by atoms with E-state index in [1.165, 1.54) is 12.8 Å². The van der Waals surface area contributed by atoms with Crippen LogP contribution in [0.1, 0.15) is 31.0 Å². The average Bonchev–Trinajstić information content (AvgIpc) is 3.22. The van der Waals surface area contributed by atoms with Crippen LogP contribution in [0.5, 0.6) is 0 Å². The van der Waals surface area contributed by atoms with E-state index in [1.807, 2.05) is 0 Å². The third-order valence-electron chi connectivity index (χ3n) is 5.94. The van der Waals surface area contributed by atoms with Crippen molar-refractivity contribution in [3.05, 3.63) is 11.3 Å². The SMILES string of the molecule is CCS(=O)(=O)N1CCc2nc(N3CCCC3)nc(N3CCN(C)CC3)c2C1. The lowest BCUT2D eigenvalue weighted by Crippen LogP contribution is -2.46. The van der Waals surface area contributed by atoms with E-state index in [0.717, 1.165) is 62.3 Å². The number of fused-ring (bicyclic) bond motifs is 1. The Labute approximate surface area is 162 Å². The topological polar surface area (TPSA) is 72.9 Å². The molecule has 0 amide bonds. The van der Waals surface area contributed by atoms with Crippen molar-refractivity contribution in [2.24, 2.45) is 0 Å². The second-order valence-electron chi connectivity index (χ2n) is 7.74. The maximum Gasteiger partial charge on any atom is 0.227 e. The standard InChI is InChI=1S/C18H30N6O2S/c1-3-27(25,26)24-9-6-16-15(14-24)17(22-12-10-21(2)11-13-22)20-18(19-16)23-7-4-5-8-23/h3-14H2,1-2H3. The minimum Gasteiger partial charge on any atom is -0.354 e. The van der Waals surface area contributed by atoms with Crippen LogP contribution in [-0.4, -0.2) is 86.2 Å². The first-order chi connectivity index (χ1) is 13.0. The number of rotatable bonds is 4. The van der Waals surface area contributed by atoms with Crippen molar-refractivity contribution in [1.29, 1.82) is 0 Å². The summed E-state index contributed by atoms with van der Waals surface area (Å²) in [4.78, 5) is 16.7. The molecule has 1 aromatic heterocycles. The Morgan fingerprint density at radius 1 is 0.926 bits per heavy atom. The van der Waals surface area contributed by atoms with E-state index >= 15 is 0 Å². The zero-order chi connectivity index (χ0) is 19.0. The van der Waals surface area contributed by atoms with Gasteiger partial charge in [0.25, 0.3) is 0 Å². The van der Waals surface area contributed by atoms with E-state index in [2.05, 4.69) is 21.7 Å². The molecule has 0 unspecified atom stereocenters. The molecule has 0 spiro atoms. The minimum absolute atomic E-state index is 0.138. The van der Waals surface area contributed by atoms with Gasteiger partial charge in [-0.05, 0) is 26.8 Å². The first kappa shape index (κ1) is 18.9. The highest BCUT2D eigenvalue weighted by Gasteiger charge is 2.32. The molecule has 0 saturated carbocycles. The summed E-state index contributed by atoms with van der Waals surface area (Å²) in [6.45, 7) is 8.46. The molecule has 4 rings (SSSR count). The molecule has 2 fully saturated rings. The normalized spacial score (nSPS) is 22.3. The largest absolute Gasteiger partial charge is 0.354 e.